The second kappa shape index (κ2) is 7.84. The lowest BCUT2D eigenvalue weighted by Gasteiger charge is -2.41. The number of anilines is 2. The van der Waals surface area contributed by atoms with Crippen molar-refractivity contribution in [2.45, 2.75) is 31.2 Å². The number of fused-ring (bicyclic) bond motifs is 3. The second-order valence-electron chi connectivity index (χ2n) is 9.74. The maximum absolute atomic E-state index is 13.9. The van der Waals surface area contributed by atoms with Gasteiger partial charge in [-0.15, -0.1) is 0 Å². The fraction of sp³-hybridized carbons (Fsp3) is 0.250. The van der Waals surface area contributed by atoms with Crippen LogP contribution in [0.3, 0.4) is 0 Å². The highest BCUT2D eigenvalue weighted by molar-refractivity contribution is 6.12. The fourth-order valence-corrected chi connectivity index (χ4v) is 5.40. The molecule has 2 amide bonds. The smallest absolute Gasteiger partial charge is 0.313 e. The number of hydrogen-bond donors (Lipinski definition) is 2. The van der Waals surface area contributed by atoms with Crippen LogP contribution in [-0.4, -0.2) is 36.1 Å². The number of carbonyl (C=O) groups excluding carboxylic acids is 2. The molecule has 3 aromatic carbocycles. The molecule has 0 aliphatic carbocycles. The van der Waals surface area contributed by atoms with Gasteiger partial charge >= 0.3 is 5.97 Å². The van der Waals surface area contributed by atoms with E-state index in [1.54, 1.807) is 54.6 Å². The van der Waals surface area contributed by atoms with Gasteiger partial charge in [-0.1, -0.05) is 30.3 Å². The molecule has 0 radical (unpaired) electrons. The highest BCUT2D eigenvalue weighted by Crippen LogP contribution is 2.48. The molecule has 0 fully saturated rings. The molecule has 0 saturated heterocycles. The summed E-state index contributed by atoms with van der Waals surface area (Å²) in [6.45, 7) is 4.50. The third kappa shape index (κ3) is 3.17. The molecule has 8 nitrogen and oxygen atoms in total. The normalized spacial score (nSPS) is 21.4. The van der Waals surface area contributed by atoms with Crippen molar-refractivity contribution < 1.29 is 29.0 Å². The Kier molecular flexibility index (Phi) is 4.83. The average Bonchev–Trinajstić information content (AvgIpc) is 3.10. The van der Waals surface area contributed by atoms with Crippen molar-refractivity contribution in [3.63, 3.8) is 0 Å². The molecular formula is C28H24N2O6. The zero-order valence-electron chi connectivity index (χ0n) is 19.8. The number of ether oxygens (including phenoxy) is 2. The number of carboxylic acids is 1. The molecule has 8 heteroatoms. The van der Waals surface area contributed by atoms with E-state index in [-0.39, 0.29) is 11.8 Å². The van der Waals surface area contributed by atoms with E-state index in [2.05, 4.69) is 5.32 Å². The first kappa shape index (κ1) is 22.2. The lowest BCUT2D eigenvalue weighted by molar-refractivity contribution is -0.139. The van der Waals surface area contributed by atoms with Gasteiger partial charge in [0.05, 0.1) is 11.5 Å². The van der Waals surface area contributed by atoms with Crippen molar-refractivity contribution in [1.29, 1.82) is 0 Å². The Hall–Kier alpha value is -4.33. The zero-order chi connectivity index (χ0) is 25.2. The summed E-state index contributed by atoms with van der Waals surface area (Å²) in [5.74, 6) is -1.43. The highest BCUT2D eigenvalue weighted by Gasteiger charge is 2.46. The molecule has 6 rings (SSSR count). The molecule has 36 heavy (non-hydrogen) atoms. The number of amides is 2. The summed E-state index contributed by atoms with van der Waals surface area (Å²) < 4.78 is 11.4. The molecule has 0 aromatic heterocycles. The summed E-state index contributed by atoms with van der Waals surface area (Å²) in [6.07, 6.45) is 0. The lowest BCUT2D eigenvalue weighted by Crippen LogP contribution is -2.45. The van der Waals surface area contributed by atoms with Crippen LogP contribution in [0.5, 0.6) is 11.5 Å². The van der Waals surface area contributed by atoms with Crippen molar-refractivity contribution in [1.82, 2.24) is 0 Å². The minimum atomic E-state index is -1.05. The van der Waals surface area contributed by atoms with E-state index < -0.39 is 23.3 Å². The number of benzene rings is 3. The first-order valence-electron chi connectivity index (χ1n) is 11.8. The zero-order valence-corrected chi connectivity index (χ0v) is 19.8. The Balaban J connectivity index is 1.56. The summed E-state index contributed by atoms with van der Waals surface area (Å²) in [5, 5.41) is 13.3. The fourth-order valence-electron chi connectivity index (χ4n) is 5.40. The van der Waals surface area contributed by atoms with Crippen molar-refractivity contribution in [2.24, 2.45) is 0 Å². The molecule has 0 saturated carbocycles. The molecule has 2 N–H and O–H groups in total. The molecule has 3 aromatic rings. The molecule has 0 spiro atoms. The van der Waals surface area contributed by atoms with Crippen molar-refractivity contribution >= 4 is 29.2 Å². The topological polar surface area (TPSA) is 105 Å². The monoisotopic (exact) mass is 484 g/mol. The van der Waals surface area contributed by atoms with Gasteiger partial charge in [-0.25, -0.2) is 0 Å². The first-order chi connectivity index (χ1) is 17.3. The van der Waals surface area contributed by atoms with E-state index >= 15 is 0 Å². The number of nitrogens with one attached hydrogen (secondary N) is 1. The molecule has 2 atom stereocenters. The van der Waals surface area contributed by atoms with Crippen LogP contribution in [0.4, 0.5) is 11.4 Å². The molecule has 0 bridgehead atoms. The van der Waals surface area contributed by atoms with E-state index in [0.717, 1.165) is 5.56 Å². The summed E-state index contributed by atoms with van der Waals surface area (Å²) in [5.41, 5.74) is 2.64. The quantitative estimate of drug-likeness (QED) is 0.576. The average molecular weight is 485 g/mol. The van der Waals surface area contributed by atoms with Crippen LogP contribution in [0.2, 0.25) is 0 Å². The van der Waals surface area contributed by atoms with Crippen LogP contribution in [0.15, 0.2) is 60.7 Å². The Labute approximate surface area is 207 Å². The predicted molar refractivity (Wildman–Crippen MR) is 132 cm³/mol. The van der Waals surface area contributed by atoms with Gasteiger partial charge in [0.25, 0.3) is 5.91 Å². The number of carbonyl (C=O) groups is 3. The minimum Gasteiger partial charge on any atom is -0.486 e. The molecule has 3 aliphatic rings. The van der Waals surface area contributed by atoms with Gasteiger partial charge in [0.1, 0.15) is 19.1 Å². The molecule has 2 unspecified atom stereocenters. The van der Waals surface area contributed by atoms with Gasteiger partial charge in [-0.3, -0.25) is 19.3 Å². The van der Waals surface area contributed by atoms with Gasteiger partial charge in [-0.05, 0) is 60.9 Å². The van der Waals surface area contributed by atoms with Crippen molar-refractivity contribution in [2.75, 3.05) is 23.4 Å². The van der Waals surface area contributed by atoms with E-state index in [1.165, 1.54) is 4.90 Å². The van der Waals surface area contributed by atoms with Crippen LogP contribution in [0.25, 0.3) is 0 Å². The molecule has 3 aliphatic heterocycles. The van der Waals surface area contributed by atoms with E-state index in [1.807, 2.05) is 19.9 Å². The summed E-state index contributed by atoms with van der Waals surface area (Å²) >= 11 is 0. The Morgan fingerprint density at radius 1 is 1.00 bits per heavy atom. The second-order valence-corrected chi connectivity index (χ2v) is 9.74. The van der Waals surface area contributed by atoms with E-state index in [9.17, 15) is 19.5 Å². The SMILES string of the molecule is CC1(C)C(=O)Nc2cc(N3C(=O)c4ccccc4C(C(=O)O)C3c3ccc4c(c3)OCCO4)ccc21. The molecule has 3 heterocycles. The van der Waals surface area contributed by atoms with Crippen LogP contribution < -0.4 is 19.7 Å². The maximum atomic E-state index is 13.9. The van der Waals surface area contributed by atoms with Gasteiger partial charge < -0.3 is 19.9 Å². The molecule has 182 valence electrons. The minimum absolute atomic E-state index is 0.128. The highest BCUT2D eigenvalue weighted by atomic mass is 16.6. The summed E-state index contributed by atoms with van der Waals surface area (Å²) in [4.78, 5) is 40.7. The number of hydrogen-bond acceptors (Lipinski definition) is 5. The third-order valence-corrected chi connectivity index (χ3v) is 7.28. The van der Waals surface area contributed by atoms with Gasteiger partial charge in [0, 0.05) is 16.9 Å². The van der Waals surface area contributed by atoms with E-state index in [0.29, 0.717) is 52.8 Å². The van der Waals surface area contributed by atoms with Crippen LogP contribution in [0, 0.1) is 0 Å². The number of nitrogens with zero attached hydrogens (tertiary/aromatic N) is 1. The van der Waals surface area contributed by atoms with E-state index in [4.69, 9.17) is 9.47 Å². The maximum Gasteiger partial charge on any atom is 0.313 e. The largest absolute Gasteiger partial charge is 0.486 e. The lowest BCUT2D eigenvalue weighted by atomic mass is 9.79. The number of carboxylic acid groups (broad SMARTS) is 1. The molecular weight excluding hydrogens is 460 g/mol. The number of aliphatic carboxylic acids is 1. The Morgan fingerprint density at radius 2 is 1.75 bits per heavy atom. The number of rotatable bonds is 3. The third-order valence-electron chi connectivity index (χ3n) is 7.28. The standard InChI is InChI=1S/C28H24N2O6/c1-28(2)19-9-8-16(14-20(19)29-27(28)34)30-24(15-7-10-21-22(13-15)36-12-11-35-21)23(26(32)33)17-5-3-4-6-18(17)25(30)31/h3-10,13-14,23-24H,11-12H2,1-2H3,(H,29,34)(H,32,33). The Bertz CT molecular complexity index is 1450. The Morgan fingerprint density at radius 3 is 2.53 bits per heavy atom. The van der Waals surface area contributed by atoms with Gasteiger partial charge in [-0.2, -0.15) is 0 Å². The summed E-state index contributed by atoms with van der Waals surface area (Å²) in [6, 6.07) is 16.6. The van der Waals surface area contributed by atoms with Crippen molar-refractivity contribution in [3.8, 4) is 11.5 Å². The van der Waals surface area contributed by atoms with Crippen molar-refractivity contribution in [3.05, 3.63) is 82.9 Å². The van der Waals surface area contributed by atoms with Gasteiger partial charge in [0.2, 0.25) is 5.91 Å². The predicted octanol–water partition coefficient (Wildman–Crippen LogP) is 4.26. The van der Waals surface area contributed by atoms with Gasteiger partial charge in [0.15, 0.2) is 11.5 Å². The van der Waals surface area contributed by atoms with Crippen LogP contribution >= 0.6 is 0 Å². The van der Waals surface area contributed by atoms with Crippen LogP contribution in [0.1, 0.15) is 52.9 Å². The summed E-state index contributed by atoms with van der Waals surface area (Å²) in [7, 11) is 0. The van der Waals surface area contributed by atoms with Crippen LogP contribution in [-0.2, 0) is 15.0 Å². The first-order valence-corrected chi connectivity index (χ1v) is 11.8.